The van der Waals surface area contributed by atoms with Gasteiger partial charge in [0.15, 0.2) is 11.4 Å². The van der Waals surface area contributed by atoms with Crippen LogP contribution in [0.1, 0.15) is 47.8 Å². The second-order valence-electron chi connectivity index (χ2n) is 10.5. The van der Waals surface area contributed by atoms with E-state index in [9.17, 15) is 27.9 Å². The lowest BCUT2D eigenvalue weighted by atomic mass is 10.0. The van der Waals surface area contributed by atoms with E-state index in [1.54, 1.807) is 24.4 Å². The highest BCUT2D eigenvalue weighted by atomic mass is 19.4. The predicted molar refractivity (Wildman–Crippen MR) is 155 cm³/mol. The first-order chi connectivity index (χ1) is 19.8. The summed E-state index contributed by atoms with van der Waals surface area (Å²) in [6, 6.07) is 23.2. The van der Waals surface area contributed by atoms with E-state index in [1.165, 1.54) is 32.9 Å². The number of nitrogens with zero attached hydrogens (tertiary/aromatic N) is 2. The Balaban J connectivity index is 1.54. The highest BCUT2D eigenvalue weighted by molar-refractivity contribution is 5.95. The van der Waals surface area contributed by atoms with Gasteiger partial charge >= 0.3 is 12.1 Å². The molecule has 0 unspecified atom stereocenters. The van der Waals surface area contributed by atoms with E-state index in [2.05, 4.69) is 4.98 Å². The minimum atomic E-state index is -4.41. The van der Waals surface area contributed by atoms with Crippen molar-refractivity contribution < 1.29 is 32.6 Å². The molecule has 1 heterocycles. The van der Waals surface area contributed by atoms with Gasteiger partial charge in [0, 0.05) is 30.4 Å². The fourth-order valence-electron chi connectivity index (χ4n) is 4.28. The minimum Gasteiger partial charge on any atom is -0.478 e. The molecule has 9 heteroatoms. The van der Waals surface area contributed by atoms with Crippen LogP contribution in [0.15, 0.2) is 91.1 Å². The van der Waals surface area contributed by atoms with Gasteiger partial charge in [-0.25, -0.2) is 9.78 Å². The molecule has 0 aliphatic carbocycles. The molecule has 0 atom stereocenters. The third kappa shape index (κ3) is 7.75. The number of halogens is 3. The van der Waals surface area contributed by atoms with Gasteiger partial charge in [-0.15, -0.1) is 0 Å². The summed E-state index contributed by atoms with van der Waals surface area (Å²) in [7, 11) is 0. The number of aliphatic carboxylic acids is 1. The van der Waals surface area contributed by atoms with Gasteiger partial charge in [0.25, 0.3) is 0 Å². The van der Waals surface area contributed by atoms with Crippen molar-refractivity contribution in [3.8, 4) is 16.9 Å². The largest absolute Gasteiger partial charge is 0.478 e. The van der Waals surface area contributed by atoms with Gasteiger partial charge < -0.3 is 14.7 Å². The van der Waals surface area contributed by atoms with Gasteiger partial charge in [-0.05, 0) is 86.3 Å². The smallest absolute Gasteiger partial charge is 0.416 e. The molecule has 0 saturated heterocycles. The summed E-state index contributed by atoms with van der Waals surface area (Å²) in [5, 5.41) is 9.30. The van der Waals surface area contributed by atoms with E-state index in [4.69, 9.17) is 4.74 Å². The zero-order valence-electron chi connectivity index (χ0n) is 23.5. The van der Waals surface area contributed by atoms with E-state index in [-0.39, 0.29) is 5.78 Å². The molecular weight excluding hydrogens is 545 g/mol. The Kier molecular flexibility index (Phi) is 8.99. The van der Waals surface area contributed by atoms with Gasteiger partial charge in [0.1, 0.15) is 11.6 Å². The van der Waals surface area contributed by atoms with Crippen molar-refractivity contribution in [1.29, 1.82) is 0 Å². The molecule has 42 heavy (non-hydrogen) atoms. The molecule has 218 valence electrons. The molecule has 4 rings (SSSR count). The van der Waals surface area contributed by atoms with Gasteiger partial charge in [-0.3, -0.25) is 4.79 Å². The predicted octanol–water partition coefficient (Wildman–Crippen LogP) is 7.46. The number of aromatic nitrogens is 1. The minimum absolute atomic E-state index is 0.0330. The maximum Gasteiger partial charge on any atom is 0.416 e. The first-order valence-corrected chi connectivity index (χ1v) is 13.3. The number of hydrogen-bond donors (Lipinski definition) is 1. The molecule has 0 fully saturated rings. The van der Waals surface area contributed by atoms with Crippen LogP contribution in [0.5, 0.6) is 5.75 Å². The van der Waals surface area contributed by atoms with Crippen molar-refractivity contribution >= 4 is 17.6 Å². The number of carboxylic acid groups (broad SMARTS) is 1. The third-order valence-corrected chi connectivity index (χ3v) is 6.81. The van der Waals surface area contributed by atoms with Crippen LogP contribution in [0, 0.1) is 0 Å². The number of Topliss-reactive ketones (excluding diaryl/α,β-unsaturated/α-hetero) is 1. The molecule has 1 aromatic heterocycles. The van der Waals surface area contributed by atoms with Gasteiger partial charge in [0.05, 0.1) is 5.56 Å². The number of carboxylic acids is 1. The highest BCUT2D eigenvalue weighted by Crippen LogP contribution is 2.30. The van der Waals surface area contributed by atoms with Crippen LogP contribution in [-0.4, -0.2) is 34.0 Å². The lowest BCUT2D eigenvalue weighted by molar-refractivity contribution is -0.152. The molecule has 0 spiro atoms. The Morgan fingerprint density at radius 2 is 1.55 bits per heavy atom. The Morgan fingerprint density at radius 3 is 2.12 bits per heavy atom. The van der Waals surface area contributed by atoms with E-state index < -0.39 is 23.3 Å². The zero-order chi connectivity index (χ0) is 30.5. The first-order valence-electron chi connectivity index (χ1n) is 13.3. The summed E-state index contributed by atoms with van der Waals surface area (Å²) in [4.78, 5) is 29.8. The van der Waals surface area contributed by atoms with Gasteiger partial charge in [-0.2, -0.15) is 13.2 Å². The van der Waals surface area contributed by atoms with Crippen molar-refractivity contribution in [2.45, 2.75) is 45.5 Å². The number of ketones is 1. The Morgan fingerprint density at radius 1 is 0.881 bits per heavy atom. The maximum atomic E-state index is 13.1. The van der Waals surface area contributed by atoms with E-state index in [0.717, 1.165) is 28.8 Å². The number of carbonyl (C=O) groups is 2. The second-order valence-corrected chi connectivity index (χ2v) is 10.5. The summed E-state index contributed by atoms with van der Waals surface area (Å²) in [6.45, 7) is 5.30. The Hall–Kier alpha value is -4.66. The number of hydrogen-bond acceptors (Lipinski definition) is 5. The molecule has 6 nitrogen and oxygen atoms in total. The third-order valence-electron chi connectivity index (χ3n) is 6.81. The van der Waals surface area contributed by atoms with E-state index in [1.807, 2.05) is 47.4 Å². The topological polar surface area (TPSA) is 79.7 Å². The SMILES string of the molecule is CC(=O)c1cccc(-c2ccc(N(CCc3ccc(OC(C)(C)C(=O)O)cc3)Cc3ccc(C(F)(F)F)cc3)nc2)c1. The van der Waals surface area contributed by atoms with E-state index >= 15 is 0 Å². The lowest BCUT2D eigenvalue weighted by Gasteiger charge is -2.25. The normalized spacial score (nSPS) is 11.7. The quantitative estimate of drug-likeness (QED) is 0.187. The number of alkyl halides is 3. The van der Waals surface area contributed by atoms with Crippen molar-refractivity contribution in [2.75, 3.05) is 11.4 Å². The monoisotopic (exact) mass is 576 g/mol. The Labute approximate surface area is 242 Å². The fraction of sp³-hybridized carbons (Fsp3) is 0.242. The summed E-state index contributed by atoms with van der Waals surface area (Å²) in [5.41, 5.74) is 1.87. The maximum absolute atomic E-state index is 13.1. The van der Waals surface area contributed by atoms with Crippen LogP contribution in [-0.2, 0) is 23.9 Å². The van der Waals surface area contributed by atoms with E-state index in [0.29, 0.717) is 42.2 Å². The number of benzene rings is 3. The fourth-order valence-corrected chi connectivity index (χ4v) is 4.28. The number of rotatable bonds is 11. The second kappa shape index (κ2) is 12.5. The molecule has 1 N–H and O–H groups in total. The van der Waals surface area contributed by atoms with Crippen LogP contribution in [0.3, 0.4) is 0 Å². The molecule has 0 radical (unpaired) electrons. The summed E-state index contributed by atoms with van der Waals surface area (Å²) in [5.74, 6) is -0.0340. The van der Waals surface area contributed by atoms with Crippen LogP contribution in [0.4, 0.5) is 19.0 Å². The number of ether oxygens (including phenoxy) is 1. The molecule has 3 aromatic carbocycles. The standard InChI is InChI=1S/C33H31F3N2O4/c1-22(39)25-5-4-6-26(19-25)27-11-16-30(37-20-27)38(21-24-7-12-28(13-8-24)33(34,35)36)18-17-23-9-14-29(15-10-23)42-32(2,3)31(40)41/h4-16,19-20H,17-18,21H2,1-3H3,(H,40,41). The van der Waals surface area contributed by atoms with Crippen molar-refractivity contribution in [3.05, 3.63) is 113 Å². The zero-order valence-corrected chi connectivity index (χ0v) is 23.5. The van der Waals surface area contributed by atoms with Crippen molar-refractivity contribution in [3.63, 3.8) is 0 Å². The van der Waals surface area contributed by atoms with Crippen LogP contribution >= 0.6 is 0 Å². The molecule has 4 aromatic rings. The first kappa shape index (κ1) is 30.3. The molecule has 0 saturated carbocycles. The number of pyridine rings is 1. The highest BCUT2D eigenvalue weighted by Gasteiger charge is 2.30. The average Bonchev–Trinajstić information content (AvgIpc) is 2.96. The number of anilines is 1. The lowest BCUT2D eigenvalue weighted by Crippen LogP contribution is -2.37. The summed E-state index contributed by atoms with van der Waals surface area (Å²) >= 11 is 0. The average molecular weight is 577 g/mol. The van der Waals surface area contributed by atoms with Gasteiger partial charge in [-0.1, -0.05) is 42.5 Å². The summed E-state index contributed by atoms with van der Waals surface area (Å²) in [6.07, 6.45) is -2.11. The number of carbonyl (C=O) groups excluding carboxylic acids is 1. The molecule has 0 bridgehead atoms. The van der Waals surface area contributed by atoms with Gasteiger partial charge in [0.2, 0.25) is 0 Å². The van der Waals surface area contributed by atoms with Crippen LogP contribution < -0.4 is 9.64 Å². The van der Waals surface area contributed by atoms with Crippen LogP contribution in [0.25, 0.3) is 11.1 Å². The van der Waals surface area contributed by atoms with Crippen LogP contribution in [0.2, 0.25) is 0 Å². The molecular formula is C33H31F3N2O4. The van der Waals surface area contributed by atoms with Crippen molar-refractivity contribution in [1.82, 2.24) is 4.98 Å². The molecule has 0 aliphatic rings. The molecule has 0 aliphatic heterocycles. The molecule has 0 amide bonds. The summed E-state index contributed by atoms with van der Waals surface area (Å²) < 4.78 is 44.8. The Bertz CT molecular complexity index is 1530. The van der Waals surface area contributed by atoms with Crippen molar-refractivity contribution in [2.24, 2.45) is 0 Å².